The van der Waals surface area contributed by atoms with Gasteiger partial charge in [-0.05, 0) is 37.8 Å². The highest BCUT2D eigenvalue weighted by molar-refractivity contribution is 7.15. The number of aryl methyl sites for hydroxylation is 1. The summed E-state index contributed by atoms with van der Waals surface area (Å²) in [6.45, 7) is 0.777. The minimum absolute atomic E-state index is 0.622. The zero-order valence-electron chi connectivity index (χ0n) is 10.0. The van der Waals surface area contributed by atoms with E-state index >= 15 is 0 Å². The van der Waals surface area contributed by atoms with Crippen LogP contribution in [0.15, 0.2) is 24.3 Å². The topological polar surface area (TPSA) is 38.9 Å². The molecule has 3 rings (SSSR count). The molecule has 1 unspecified atom stereocenters. The molecular formula is C14H15ClN2S. The number of fused-ring (bicyclic) bond motifs is 1. The zero-order chi connectivity index (χ0) is 12.5. The second-order valence-corrected chi connectivity index (χ2v) is 6.20. The summed E-state index contributed by atoms with van der Waals surface area (Å²) in [5.74, 6) is 0.622. The summed E-state index contributed by atoms with van der Waals surface area (Å²) in [4.78, 5) is 6.14. The highest BCUT2D eigenvalue weighted by atomic mass is 35.5. The van der Waals surface area contributed by atoms with Gasteiger partial charge in [0.05, 0.1) is 10.7 Å². The van der Waals surface area contributed by atoms with Crippen molar-refractivity contribution in [2.24, 2.45) is 11.7 Å². The number of hydrogen-bond acceptors (Lipinski definition) is 3. The third kappa shape index (κ3) is 2.18. The Morgan fingerprint density at radius 3 is 3.00 bits per heavy atom. The molecule has 1 aromatic heterocycles. The number of nitrogens with two attached hydrogens (primary N) is 1. The van der Waals surface area contributed by atoms with Crippen LogP contribution in [-0.2, 0) is 12.8 Å². The predicted molar refractivity (Wildman–Crippen MR) is 77.1 cm³/mol. The molecule has 1 heterocycles. The number of hydrogen-bond donors (Lipinski definition) is 1. The van der Waals surface area contributed by atoms with Gasteiger partial charge >= 0.3 is 0 Å². The van der Waals surface area contributed by atoms with Crippen LogP contribution < -0.4 is 5.73 Å². The molecule has 0 saturated heterocycles. The lowest BCUT2D eigenvalue weighted by molar-refractivity contribution is 0.470. The Bertz CT molecular complexity index is 565. The van der Waals surface area contributed by atoms with E-state index in [9.17, 15) is 0 Å². The first kappa shape index (κ1) is 12.2. The van der Waals surface area contributed by atoms with Crippen LogP contribution >= 0.6 is 22.9 Å². The molecule has 1 aliphatic carbocycles. The summed E-state index contributed by atoms with van der Waals surface area (Å²) >= 11 is 8.00. The van der Waals surface area contributed by atoms with Crippen molar-refractivity contribution in [3.63, 3.8) is 0 Å². The Balaban J connectivity index is 1.97. The average Bonchev–Trinajstić information content (AvgIpc) is 2.81. The minimum atomic E-state index is 0.622. The van der Waals surface area contributed by atoms with Crippen molar-refractivity contribution in [3.05, 3.63) is 39.9 Å². The molecule has 0 radical (unpaired) electrons. The van der Waals surface area contributed by atoms with Crippen molar-refractivity contribution in [3.8, 4) is 10.6 Å². The van der Waals surface area contributed by atoms with Gasteiger partial charge in [0, 0.05) is 10.4 Å². The normalized spacial score (nSPS) is 18.7. The lowest BCUT2D eigenvalue weighted by Crippen LogP contribution is -2.21. The molecule has 0 fully saturated rings. The van der Waals surface area contributed by atoms with Gasteiger partial charge in [0.2, 0.25) is 0 Å². The first-order valence-corrected chi connectivity index (χ1v) is 7.41. The van der Waals surface area contributed by atoms with Crippen molar-refractivity contribution in [1.82, 2.24) is 4.98 Å². The Morgan fingerprint density at radius 1 is 1.39 bits per heavy atom. The first-order valence-electron chi connectivity index (χ1n) is 6.21. The molecular weight excluding hydrogens is 264 g/mol. The van der Waals surface area contributed by atoms with Gasteiger partial charge in [0.1, 0.15) is 5.01 Å². The highest BCUT2D eigenvalue weighted by Gasteiger charge is 2.22. The molecule has 2 N–H and O–H groups in total. The number of aromatic nitrogens is 1. The number of nitrogens with zero attached hydrogens (tertiary/aromatic N) is 1. The molecule has 0 spiro atoms. The number of rotatable bonds is 2. The average molecular weight is 279 g/mol. The van der Waals surface area contributed by atoms with Crippen molar-refractivity contribution >= 4 is 22.9 Å². The highest BCUT2D eigenvalue weighted by Crippen LogP contribution is 2.36. The van der Waals surface area contributed by atoms with Gasteiger partial charge in [0.25, 0.3) is 0 Å². The Morgan fingerprint density at radius 2 is 2.22 bits per heavy atom. The van der Waals surface area contributed by atoms with Gasteiger partial charge in [-0.25, -0.2) is 4.98 Å². The molecule has 1 atom stereocenters. The molecule has 1 aliphatic rings. The fraction of sp³-hybridized carbons (Fsp3) is 0.357. The number of thiazole rings is 1. The summed E-state index contributed by atoms with van der Waals surface area (Å²) in [6, 6.07) is 7.90. The van der Waals surface area contributed by atoms with Gasteiger partial charge in [-0.3, -0.25) is 0 Å². The van der Waals surface area contributed by atoms with Crippen molar-refractivity contribution in [2.75, 3.05) is 6.54 Å². The van der Waals surface area contributed by atoms with E-state index < -0.39 is 0 Å². The third-order valence-electron chi connectivity index (χ3n) is 3.48. The predicted octanol–water partition coefficient (Wildman–Crippen LogP) is 3.53. The Kier molecular flexibility index (Phi) is 3.37. The van der Waals surface area contributed by atoms with Crippen molar-refractivity contribution in [2.45, 2.75) is 19.3 Å². The Labute approximate surface area is 116 Å². The van der Waals surface area contributed by atoms with Crippen LogP contribution in [0, 0.1) is 5.92 Å². The second kappa shape index (κ2) is 5.00. The minimum Gasteiger partial charge on any atom is -0.330 e. The van der Waals surface area contributed by atoms with Gasteiger partial charge in [-0.2, -0.15) is 0 Å². The molecule has 94 valence electrons. The summed E-state index contributed by atoms with van der Waals surface area (Å²) in [7, 11) is 0. The summed E-state index contributed by atoms with van der Waals surface area (Å²) in [5.41, 5.74) is 8.06. The largest absolute Gasteiger partial charge is 0.330 e. The summed E-state index contributed by atoms with van der Waals surface area (Å²) < 4.78 is 0. The van der Waals surface area contributed by atoms with Gasteiger partial charge < -0.3 is 5.73 Å². The molecule has 1 aromatic carbocycles. The van der Waals surface area contributed by atoms with E-state index in [1.54, 1.807) is 11.3 Å². The molecule has 0 amide bonds. The molecule has 2 nitrogen and oxygen atoms in total. The van der Waals surface area contributed by atoms with Crippen LogP contribution in [0.4, 0.5) is 0 Å². The lowest BCUT2D eigenvalue weighted by Gasteiger charge is -2.18. The summed E-state index contributed by atoms with van der Waals surface area (Å²) in [5, 5.41) is 1.82. The number of benzene rings is 1. The monoisotopic (exact) mass is 278 g/mol. The van der Waals surface area contributed by atoms with Gasteiger partial charge in [0.15, 0.2) is 0 Å². The van der Waals surface area contributed by atoms with E-state index in [1.807, 2.05) is 24.3 Å². The molecule has 0 aliphatic heterocycles. The van der Waals surface area contributed by atoms with Crippen LogP contribution in [0.3, 0.4) is 0 Å². The number of halogens is 1. The molecule has 2 aromatic rings. The Hall–Kier alpha value is -0.900. The zero-order valence-corrected chi connectivity index (χ0v) is 11.6. The van der Waals surface area contributed by atoms with E-state index in [-0.39, 0.29) is 0 Å². The van der Waals surface area contributed by atoms with Crippen LogP contribution in [0.5, 0.6) is 0 Å². The first-order chi connectivity index (χ1) is 8.78. The van der Waals surface area contributed by atoms with Crippen molar-refractivity contribution in [1.29, 1.82) is 0 Å². The van der Waals surface area contributed by atoms with E-state index in [1.165, 1.54) is 10.6 Å². The summed E-state index contributed by atoms with van der Waals surface area (Å²) in [6.07, 6.45) is 3.29. The van der Waals surface area contributed by atoms with Crippen molar-refractivity contribution < 1.29 is 0 Å². The van der Waals surface area contributed by atoms with E-state index in [2.05, 4.69) is 0 Å². The maximum atomic E-state index is 6.22. The van der Waals surface area contributed by atoms with Gasteiger partial charge in [-0.1, -0.05) is 29.8 Å². The van der Waals surface area contributed by atoms with Crippen LogP contribution in [0.1, 0.15) is 17.0 Å². The lowest BCUT2D eigenvalue weighted by atomic mass is 9.91. The van der Waals surface area contributed by atoms with E-state index in [0.717, 1.165) is 41.4 Å². The SMILES string of the molecule is NCC1CCc2nc(-c3ccccc3Cl)sc2C1. The second-order valence-electron chi connectivity index (χ2n) is 4.71. The smallest absolute Gasteiger partial charge is 0.125 e. The molecule has 0 saturated carbocycles. The van der Waals surface area contributed by atoms with Crippen LogP contribution in [0.25, 0.3) is 10.6 Å². The van der Waals surface area contributed by atoms with Gasteiger partial charge in [-0.15, -0.1) is 11.3 Å². The standard InChI is InChI=1S/C14H15ClN2S/c15-11-4-2-1-3-10(11)14-17-12-6-5-9(8-16)7-13(12)18-14/h1-4,9H,5-8,16H2. The van der Waals surface area contributed by atoms with E-state index in [0.29, 0.717) is 5.92 Å². The van der Waals surface area contributed by atoms with Crippen LogP contribution in [-0.4, -0.2) is 11.5 Å². The maximum absolute atomic E-state index is 6.22. The maximum Gasteiger partial charge on any atom is 0.125 e. The molecule has 0 bridgehead atoms. The quantitative estimate of drug-likeness (QED) is 0.913. The third-order valence-corrected chi connectivity index (χ3v) is 4.96. The fourth-order valence-corrected chi connectivity index (χ4v) is 3.94. The van der Waals surface area contributed by atoms with Crippen LogP contribution in [0.2, 0.25) is 5.02 Å². The van der Waals surface area contributed by atoms with E-state index in [4.69, 9.17) is 22.3 Å². The molecule has 18 heavy (non-hydrogen) atoms. The fourth-order valence-electron chi connectivity index (χ4n) is 2.39. The molecule has 4 heteroatoms.